The van der Waals surface area contributed by atoms with E-state index in [1.165, 1.54) is 6.07 Å². The van der Waals surface area contributed by atoms with Gasteiger partial charge in [-0.15, -0.1) is 0 Å². The number of aromatic carboxylic acids is 1. The van der Waals surface area contributed by atoms with Crippen LogP contribution in [0.3, 0.4) is 0 Å². The number of benzene rings is 1. The van der Waals surface area contributed by atoms with E-state index in [4.69, 9.17) is 14.6 Å². The van der Waals surface area contributed by atoms with Crippen LogP contribution in [-0.4, -0.2) is 29.3 Å². The molecule has 0 atom stereocenters. The van der Waals surface area contributed by atoms with Gasteiger partial charge in [0.1, 0.15) is 5.60 Å². The number of ether oxygens (including phenoxy) is 2. The van der Waals surface area contributed by atoms with Gasteiger partial charge in [-0.25, -0.2) is 14.0 Å². The Hall–Kier alpha value is -2.11. The minimum absolute atomic E-state index is 0.192. The summed E-state index contributed by atoms with van der Waals surface area (Å²) in [6, 6.07) is 3.17. The summed E-state index contributed by atoms with van der Waals surface area (Å²) < 4.78 is 23.4. The minimum Gasteiger partial charge on any atom is -0.479 e. The first-order chi connectivity index (χ1) is 8.69. The molecule has 0 aromatic heterocycles. The fourth-order valence-corrected chi connectivity index (χ4v) is 1.26. The standard InChI is InChI=1S/C13H15FO5/c1-13(2,3)19-11(15)7-18-10-5-4-8(12(16)17)6-9(10)14/h4-6H,7H2,1-3H3,(H,16,17). The van der Waals surface area contributed by atoms with Gasteiger partial charge in [0.05, 0.1) is 5.56 Å². The summed E-state index contributed by atoms with van der Waals surface area (Å²) in [6.07, 6.45) is 0. The molecule has 5 nitrogen and oxygen atoms in total. The molecule has 0 unspecified atom stereocenters. The Morgan fingerprint density at radius 3 is 2.42 bits per heavy atom. The zero-order valence-electron chi connectivity index (χ0n) is 10.9. The van der Waals surface area contributed by atoms with Gasteiger partial charge in [-0.2, -0.15) is 0 Å². The van der Waals surface area contributed by atoms with Crippen molar-refractivity contribution in [3.05, 3.63) is 29.6 Å². The van der Waals surface area contributed by atoms with E-state index in [0.29, 0.717) is 0 Å². The van der Waals surface area contributed by atoms with E-state index in [-0.39, 0.29) is 11.3 Å². The highest BCUT2D eigenvalue weighted by atomic mass is 19.1. The molecule has 0 fully saturated rings. The molecule has 0 saturated carbocycles. The molecule has 1 N–H and O–H groups in total. The van der Waals surface area contributed by atoms with Crippen LogP contribution in [-0.2, 0) is 9.53 Å². The van der Waals surface area contributed by atoms with Crippen molar-refractivity contribution < 1.29 is 28.6 Å². The van der Waals surface area contributed by atoms with E-state index in [1.54, 1.807) is 20.8 Å². The Balaban J connectivity index is 2.64. The van der Waals surface area contributed by atoms with E-state index in [2.05, 4.69) is 0 Å². The van der Waals surface area contributed by atoms with Crippen LogP contribution in [0.2, 0.25) is 0 Å². The summed E-state index contributed by atoms with van der Waals surface area (Å²) in [7, 11) is 0. The van der Waals surface area contributed by atoms with E-state index in [9.17, 15) is 14.0 Å². The molecule has 0 aliphatic carbocycles. The molecule has 0 radical (unpaired) electrons. The highest BCUT2D eigenvalue weighted by Gasteiger charge is 2.17. The van der Waals surface area contributed by atoms with Crippen molar-refractivity contribution in [1.82, 2.24) is 0 Å². The first kappa shape index (κ1) is 14.9. The molecule has 1 aromatic carbocycles. The molecule has 104 valence electrons. The summed E-state index contributed by atoms with van der Waals surface area (Å²) in [5, 5.41) is 8.66. The summed E-state index contributed by atoms with van der Waals surface area (Å²) >= 11 is 0. The van der Waals surface area contributed by atoms with E-state index in [0.717, 1.165) is 12.1 Å². The first-order valence-corrected chi connectivity index (χ1v) is 5.56. The fraction of sp³-hybridized carbons (Fsp3) is 0.385. The molecule has 0 aliphatic rings. The molecule has 0 saturated heterocycles. The second-order valence-corrected chi connectivity index (χ2v) is 4.83. The average molecular weight is 270 g/mol. The molecule has 19 heavy (non-hydrogen) atoms. The van der Waals surface area contributed by atoms with Crippen molar-refractivity contribution in [3.8, 4) is 5.75 Å². The van der Waals surface area contributed by atoms with Crippen molar-refractivity contribution in [1.29, 1.82) is 0 Å². The van der Waals surface area contributed by atoms with Crippen molar-refractivity contribution >= 4 is 11.9 Å². The molecule has 0 bridgehead atoms. The molecule has 0 spiro atoms. The van der Waals surface area contributed by atoms with Gasteiger partial charge >= 0.3 is 11.9 Å². The smallest absolute Gasteiger partial charge is 0.344 e. The number of hydrogen-bond donors (Lipinski definition) is 1. The third-order valence-electron chi connectivity index (χ3n) is 1.94. The van der Waals surface area contributed by atoms with Gasteiger partial charge in [0.25, 0.3) is 0 Å². The van der Waals surface area contributed by atoms with Crippen LogP contribution in [0.5, 0.6) is 5.75 Å². The number of carboxylic acid groups (broad SMARTS) is 1. The quantitative estimate of drug-likeness (QED) is 0.849. The van der Waals surface area contributed by atoms with Gasteiger partial charge in [0.2, 0.25) is 0 Å². The highest BCUT2D eigenvalue weighted by molar-refractivity contribution is 5.87. The average Bonchev–Trinajstić information content (AvgIpc) is 2.24. The van der Waals surface area contributed by atoms with Gasteiger partial charge in [0.15, 0.2) is 18.2 Å². The maximum atomic E-state index is 13.5. The van der Waals surface area contributed by atoms with Gasteiger partial charge < -0.3 is 14.6 Å². The molecule has 1 rings (SSSR count). The molecule has 0 aliphatic heterocycles. The van der Waals surface area contributed by atoms with Crippen molar-refractivity contribution in [2.45, 2.75) is 26.4 Å². The Kier molecular flexibility index (Phi) is 4.47. The zero-order valence-corrected chi connectivity index (χ0v) is 10.9. The lowest BCUT2D eigenvalue weighted by Gasteiger charge is -2.19. The maximum Gasteiger partial charge on any atom is 0.344 e. The number of esters is 1. The van der Waals surface area contributed by atoms with Crippen molar-refractivity contribution in [2.75, 3.05) is 6.61 Å². The van der Waals surface area contributed by atoms with Crippen LogP contribution in [0.4, 0.5) is 4.39 Å². The van der Waals surface area contributed by atoms with Crippen LogP contribution in [0.1, 0.15) is 31.1 Å². The number of carbonyl (C=O) groups excluding carboxylic acids is 1. The second kappa shape index (κ2) is 5.69. The van der Waals surface area contributed by atoms with E-state index < -0.39 is 30.0 Å². The third-order valence-corrected chi connectivity index (χ3v) is 1.94. The summed E-state index contributed by atoms with van der Waals surface area (Å²) in [5.74, 6) is -2.91. The third kappa shape index (κ3) is 4.95. The Labute approximate surface area is 109 Å². The van der Waals surface area contributed by atoms with Crippen LogP contribution in [0, 0.1) is 5.82 Å². The van der Waals surface area contributed by atoms with E-state index in [1.807, 2.05) is 0 Å². The van der Waals surface area contributed by atoms with Crippen LogP contribution < -0.4 is 4.74 Å². The zero-order chi connectivity index (χ0) is 14.6. The first-order valence-electron chi connectivity index (χ1n) is 5.56. The summed E-state index contributed by atoms with van der Waals surface area (Å²) in [5.41, 5.74) is -0.839. The van der Waals surface area contributed by atoms with E-state index >= 15 is 0 Å². The van der Waals surface area contributed by atoms with Gasteiger partial charge in [-0.3, -0.25) is 0 Å². The van der Waals surface area contributed by atoms with Crippen LogP contribution >= 0.6 is 0 Å². The molecule has 1 aromatic rings. The maximum absolute atomic E-state index is 13.5. The predicted molar refractivity (Wildman–Crippen MR) is 64.7 cm³/mol. The molecule has 6 heteroatoms. The number of carboxylic acids is 1. The van der Waals surface area contributed by atoms with Crippen LogP contribution in [0.15, 0.2) is 18.2 Å². The van der Waals surface area contributed by atoms with Crippen molar-refractivity contribution in [3.63, 3.8) is 0 Å². The second-order valence-electron chi connectivity index (χ2n) is 4.83. The number of halogens is 1. The number of hydrogen-bond acceptors (Lipinski definition) is 4. The van der Waals surface area contributed by atoms with Gasteiger partial charge in [-0.05, 0) is 39.0 Å². The lowest BCUT2D eigenvalue weighted by atomic mass is 10.2. The van der Waals surface area contributed by atoms with Gasteiger partial charge in [-0.1, -0.05) is 0 Å². The predicted octanol–water partition coefficient (Wildman–Crippen LogP) is 2.24. The molecule has 0 amide bonds. The SMILES string of the molecule is CC(C)(C)OC(=O)COc1ccc(C(=O)O)cc1F. The Bertz CT molecular complexity index is 490. The fourth-order valence-electron chi connectivity index (χ4n) is 1.26. The van der Waals surface area contributed by atoms with Crippen molar-refractivity contribution in [2.24, 2.45) is 0 Å². The molecule has 0 heterocycles. The number of rotatable bonds is 4. The highest BCUT2D eigenvalue weighted by Crippen LogP contribution is 2.18. The normalized spacial score (nSPS) is 10.9. The lowest BCUT2D eigenvalue weighted by Crippen LogP contribution is -2.27. The number of carbonyl (C=O) groups is 2. The molecular formula is C13H15FO5. The Morgan fingerprint density at radius 2 is 1.95 bits per heavy atom. The largest absolute Gasteiger partial charge is 0.479 e. The van der Waals surface area contributed by atoms with Crippen LogP contribution in [0.25, 0.3) is 0 Å². The van der Waals surface area contributed by atoms with Gasteiger partial charge in [0, 0.05) is 0 Å². The topological polar surface area (TPSA) is 72.8 Å². The monoisotopic (exact) mass is 270 g/mol. The summed E-state index contributed by atoms with van der Waals surface area (Å²) in [6.45, 7) is 4.66. The minimum atomic E-state index is -1.24. The lowest BCUT2D eigenvalue weighted by molar-refractivity contribution is -0.157. The Morgan fingerprint density at radius 1 is 1.32 bits per heavy atom. The molecular weight excluding hydrogens is 255 g/mol. The summed E-state index contributed by atoms with van der Waals surface area (Å²) in [4.78, 5) is 22.0.